The molecule has 1 saturated heterocycles. The topological polar surface area (TPSA) is 47.5 Å². The number of hydrogen-bond acceptors (Lipinski definition) is 6. The third-order valence-electron chi connectivity index (χ3n) is 4.75. The molecular formula is C19H21N3O2S. The summed E-state index contributed by atoms with van der Waals surface area (Å²) in [6, 6.07) is 8.41. The van der Waals surface area contributed by atoms with E-state index in [0.29, 0.717) is 0 Å². The number of hydrogen-bond donors (Lipinski definition) is 0. The standard InChI is InChI=1S/C19H21N3O2S/c1-12-9-15-18(20-11-21-19(15)25-12)22-8-4-5-16(22)14-10-13(23-2)6-7-17(14)24-3/h6-7,9-11,16H,4-5,8H2,1-3H3. The van der Waals surface area contributed by atoms with E-state index >= 15 is 0 Å². The van der Waals surface area contributed by atoms with Crippen molar-refractivity contribution in [2.75, 3.05) is 25.7 Å². The molecule has 0 radical (unpaired) electrons. The highest BCUT2D eigenvalue weighted by Crippen LogP contribution is 2.43. The van der Waals surface area contributed by atoms with Crippen molar-refractivity contribution in [1.29, 1.82) is 0 Å². The minimum Gasteiger partial charge on any atom is -0.497 e. The normalized spacial score (nSPS) is 17.2. The van der Waals surface area contributed by atoms with Crippen molar-refractivity contribution < 1.29 is 9.47 Å². The molecule has 130 valence electrons. The number of anilines is 1. The number of aryl methyl sites for hydroxylation is 1. The second-order valence-electron chi connectivity index (χ2n) is 6.23. The molecule has 4 rings (SSSR count). The van der Waals surface area contributed by atoms with Crippen LogP contribution in [0.15, 0.2) is 30.6 Å². The molecule has 5 nitrogen and oxygen atoms in total. The van der Waals surface area contributed by atoms with E-state index in [-0.39, 0.29) is 6.04 Å². The van der Waals surface area contributed by atoms with Crippen LogP contribution in [0.4, 0.5) is 5.82 Å². The van der Waals surface area contributed by atoms with Gasteiger partial charge in [0.25, 0.3) is 0 Å². The summed E-state index contributed by atoms with van der Waals surface area (Å²) in [5.41, 5.74) is 1.15. The van der Waals surface area contributed by atoms with Gasteiger partial charge in [-0.1, -0.05) is 0 Å². The maximum absolute atomic E-state index is 5.62. The van der Waals surface area contributed by atoms with Crippen LogP contribution in [0.1, 0.15) is 29.3 Å². The molecule has 0 amide bonds. The van der Waals surface area contributed by atoms with E-state index in [1.54, 1.807) is 31.9 Å². The zero-order valence-corrected chi connectivity index (χ0v) is 15.5. The predicted molar refractivity (Wildman–Crippen MR) is 101 cm³/mol. The number of rotatable bonds is 4. The van der Waals surface area contributed by atoms with Gasteiger partial charge >= 0.3 is 0 Å². The van der Waals surface area contributed by atoms with Crippen molar-refractivity contribution in [2.24, 2.45) is 0 Å². The van der Waals surface area contributed by atoms with E-state index in [4.69, 9.17) is 9.47 Å². The summed E-state index contributed by atoms with van der Waals surface area (Å²) in [7, 11) is 3.41. The van der Waals surface area contributed by atoms with Crippen molar-refractivity contribution in [3.05, 3.63) is 41.0 Å². The van der Waals surface area contributed by atoms with E-state index in [0.717, 1.165) is 52.5 Å². The average Bonchev–Trinajstić information content (AvgIpc) is 3.26. The van der Waals surface area contributed by atoms with Gasteiger partial charge < -0.3 is 14.4 Å². The van der Waals surface area contributed by atoms with Gasteiger partial charge in [0.15, 0.2) is 0 Å². The number of thiophene rings is 1. The van der Waals surface area contributed by atoms with E-state index in [1.807, 2.05) is 12.1 Å². The predicted octanol–water partition coefficient (Wildman–Crippen LogP) is 4.36. The van der Waals surface area contributed by atoms with E-state index in [2.05, 4.69) is 33.9 Å². The van der Waals surface area contributed by atoms with Gasteiger partial charge in [-0.2, -0.15) is 0 Å². The molecule has 0 saturated carbocycles. The highest BCUT2D eigenvalue weighted by atomic mass is 32.1. The van der Waals surface area contributed by atoms with Crippen LogP contribution in [-0.4, -0.2) is 30.7 Å². The van der Waals surface area contributed by atoms with E-state index in [9.17, 15) is 0 Å². The van der Waals surface area contributed by atoms with Crippen LogP contribution in [0.5, 0.6) is 11.5 Å². The Balaban J connectivity index is 1.81. The molecule has 2 aromatic heterocycles. The summed E-state index contributed by atoms with van der Waals surface area (Å²) in [6.07, 6.45) is 3.86. The maximum atomic E-state index is 5.62. The van der Waals surface area contributed by atoms with Gasteiger partial charge in [-0.15, -0.1) is 11.3 Å². The number of methoxy groups -OCH3 is 2. The molecule has 0 N–H and O–H groups in total. The molecule has 1 unspecified atom stereocenters. The third kappa shape index (κ3) is 2.80. The first-order valence-electron chi connectivity index (χ1n) is 8.41. The fourth-order valence-electron chi connectivity index (χ4n) is 3.64. The highest BCUT2D eigenvalue weighted by Gasteiger charge is 2.31. The quantitative estimate of drug-likeness (QED) is 0.696. The van der Waals surface area contributed by atoms with Gasteiger partial charge in [-0.25, -0.2) is 9.97 Å². The molecule has 0 bridgehead atoms. The lowest BCUT2D eigenvalue weighted by Crippen LogP contribution is -2.24. The third-order valence-corrected chi connectivity index (χ3v) is 5.71. The Hall–Kier alpha value is -2.34. The Labute approximate surface area is 151 Å². The molecule has 3 heterocycles. The van der Waals surface area contributed by atoms with Crippen molar-refractivity contribution >= 4 is 27.4 Å². The minimum atomic E-state index is 0.225. The SMILES string of the molecule is COc1ccc(OC)c(C2CCCN2c2ncnc3sc(C)cc23)c1. The van der Waals surface area contributed by atoms with Crippen molar-refractivity contribution in [3.63, 3.8) is 0 Å². The Morgan fingerprint density at radius 1 is 1.16 bits per heavy atom. The molecule has 1 fully saturated rings. The van der Waals surface area contributed by atoms with Gasteiger partial charge in [-0.05, 0) is 44.0 Å². The largest absolute Gasteiger partial charge is 0.497 e. The number of ether oxygens (including phenoxy) is 2. The van der Waals surface area contributed by atoms with Gasteiger partial charge in [0.1, 0.15) is 28.5 Å². The summed E-state index contributed by atoms with van der Waals surface area (Å²) in [4.78, 5) is 13.7. The summed E-state index contributed by atoms with van der Waals surface area (Å²) < 4.78 is 11.1. The van der Waals surface area contributed by atoms with Crippen LogP contribution >= 0.6 is 11.3 Å². The van der Waals surface area contributed by atoms with Crippen molar-refractivity contribution in [2.45, 2.75) is 25.8 Å². The molecule has 0 aliphatic carbocycles. The van der Waals surface area contributed by atoms with Gasteiger partial charge in [0.2, 0.25) is 0 Å². The first-order valence-corrected chi connectivity index (χ1v) is 9.22. The van der Waals surface area contributed by atoms with E-state index in [1.165, 1.54) is 4.88 Å². The first kappa shape index (κ1) is 16.1. The number of benzene rings is 1. The maximum Gasteiger partial charge on any atom is 0.141 e. The average molecular weight is 355 g/mol. The first-order chi connectivity index (χ1) is 12.2. The molecule has 0 spiro atoms. The van der Waals surface area contributed by atoms with Crippen molar-refractivity contribution in [3.8, 4) is 11.5 Å². The minimum absolute atomic E-state index is 0.225. The number of aromatic nitrogens is 2. The van der Waals surface area contributed by atoms with Crippen LogP contribution in [0, 0.1) is 6.92 Å². The monoisotopic (exact) mass is 355 g/mol. The summed E-state index contributed by atoms with van der Waals surface area (Å²) in [5.74, 6) is 2.76. The molecule has 25 heavy (non-hydrogen) atoms. The lowest BCUT2D eigenvalue weighted by atomic mass is 10.0. The van der Waals surface area contributed by atoms with Crippen LogP contribution in [0.3, 0.4) is 0 Å². The molecule has 3 aromatic rings. The smallest absolute Gasteiger partial charge is 0.141 e. The molecule has 1 aliphatic rings. The van der Waals surface area contributed by atoms with Gasteiger partial charge in [0, 0.05) is 17.0 Å². The van der Waals surface area contributed by atoms with Crippen LogP contribution in [-0.2, 0) is 0 Å². The summed E-state index contributed by atoms with van der Waals surface area (Å²) in [5, 5.41) is 1.14. The Kier molecular flexibility index (Phi) is 4.21. The van der Waals surface area contributed by atoms with Crippen LogP contribution in [0.25, 0.3) is 10.2 Å². The Bertz CT molecular complexity index is 909. The zero-order valence-electron chi connectivity index (χ0n) is 14.7. The van der Waals surface area contributed by atoms with Gasteiger partial charge in [-0.3, -0.25) is 0 Å². The lowest BCUT2D eigenvalue weighted by Gasteiger charge is -2.28. The Morgan fingerprint density at radius 2 is 2.04 bits per heavy atom. The van der Waals surface area contributed by atoms with Crippen molar-refractivity contribution in [1.82, 2.24) is 9.97 Å². The fourth-order valence-corrected chi connectivity index (χ4v) is 4.48. The molecule has 6 heteroatoms. The fraction of sp³-hybridized carbons (Fsp3) is 0.368. The summed E-state index contributed by atoms with van der Waals surface area (Å²) in [6.45, 7) is 3.09. The van der Waals surface area contributed by atoms with Gasteiger partial charge in [0.05, 0.1) is 25.6 Å². The molecule has 1 atom stereocenters. The van der Waals surface area contributed by atoms with Crippen LogP contribution < -0.4 is 14.4 Å². The second kappa shape index (κ2) is 6.52. The molecule has 1 aliphatic heterocycles. The Morgan fingerprint density at radius 3 is 2.84 bits per heavy atom. The zero-order chi connectivity index (χ0) is 17.4. The molecular weight excluding hydrogens is 334 g/mol. The highest BCUT2D eigenvalue weighted by molar-refractivity contribution is 7.18. The lowest BCUT2D eigenvalue weighted by molar-refractivity contribution is 0.395. The molecule has 1 aromatic carbocycles. The second-order valence-corrected chi connectivity index (χ2v) is 7.47. The summed E-state index contributed by atoms with van der Waals surface area (Å²) >= 11 is 1.71. The van der Waals surface area contributed by atoms with E-state index < -0.39 is 0 Å². The van der Waals surface area contributed by atoms with Crippen LogP contribution in [0.2, 0.25) is 0 Å². The number of nitrogens with zero attached hydrogens (tertiary/aromatic N) is 3. The number of fused-ring (bicyclic) bond motifs is 1.